The lowest BCUT2D eigenvalue weighted by atomic mass is 9.99. The van der Waals surface area contributed by atoms with Crippen LogP contribution in [0.1, 0.15) is 10.4 Å². The molecule has 2 aromatic carbocycles. The number of hydrogen-bond acceptors (Lipinski definition) is 1. The van der Waals surface area contributed by atoms with E-state index in [0.717, 1.165) is 5.56 Å². The van der Waals surface area contributed by atoms with Crippen molar-refractivity contribution in [3.8, 4) is 11.1 Å². The Morgan fingerprint density at radius 2 is 1.94 bits per heavy atom. The number of rotatable bonds is 2. The molecular formula is C13H8ClN3O. The molecule has 0 aliphatic rings. The number of carbonyl (C=O) groups is 1. The van der Waals surface area contributed by atoms with Crippen LogP contribution in [0.25, 0.3) is 21.6 Å². The summed E-state index contributed by atoms with van der Waals surface area (Å²) in [5.41, 5.74) is 10.2. The van der Waals surface area contributed by atoms with Gasteiger partial charge >= 0.3 is 0 Å². The predicted molar refractivity (Wildman–Crippen MR) is 70.4 cm³/mol. The summed E-state index contributed by atoms with van der Waals surface area (Å²) in [4.78, 5) is 14.2. The molecule has 0 spiro atoms. The average molecular weight is 258 g/mol. The molecule has 0 atom stereocenters. The Bertz CT molecular complexity index is 648. The molecule has 0 bridgehead atoms. The van der Waals surface area contributed by atoms with Crippen LogP contribution in [-0.2, 0) is 0 Å². The third kappa shape index (κ3) is 2.51. The van der Waals surface area contributed by atoms with Crippen LogP contribution in [0.3, 0.4) is 0 Å². The molecule has 2 rings (SSSR count). The first-order chi connectivity index (χ1) is 8.72. The minimum Gasteiger partial charge on any atom is -0.287 e. The van der Waals surface area contributed by atoms with Gasteiger partial charge in [0.1, 0.15) is 0 Å². The summed E-state index contributed by atoms with van der Waals surface area (Å²) in [5, 5.41) is 3.69. The fourth-order valence-corrected chi connectivity index (χ4v) is 1.86. The van der Waals surface area contributed by atoms with E-state index >= 15 is 0 Å². The molecule has 0 unspecified atom stereocenters. The number of benzene rings is 2. The van der Waals surface area contributed by atoms with E-state index in [-0.39, 0.29) is 0 Å². The van der Waals surface area contributed by atoms with Crippen molar-refractivity contribution < 1.29 is 4.79 Å². The van der Waals surface area contributed by atoms with Gasteiger partial charge in [0.05, 0.1) is 0 Å². The summed E-state index contributed by atoms with van der Waals surface area (Å²) in [6.45, 7) is 0. The molecule has 88 valence electrons. The number of carbonyl (C=O) groups excluding carboxylic acids is 1. The minimum absolute atomic E-state index is 0.359. The van der Waals surface area contributed by atoms with Crippen LogP contribution in [0.4, 0.5) is 0 Å². The van der Waals surface area contributed by atoms with E-state index in [1.807, 2.05) is 12.1 Å². The molecular weight excluding hydrogens is 250 g/mol. The second kappa shape index (κ2) is 5.36. The van der Waals surface area contributed by atoms with Crippen LogP contribution < -0.4 is 0 Å². The van der Waals surface area contributed by atoms with Crippen LogP contribution in [-0.4, -0.2) is 5.91 Å². The maximum Gasteiger partial charge on any atom is 0.249 e. The Morgan fingerprint density at radius 3 is 2.67 bits per heavy atom. The first-order valence-electron chi connectivity index (χ1n) is 5.17. The normalized spacial score (nSPS) is 9.61. The molecule has 0 saturated carbocycles. The fourth-order valence-electron chi connectivity index (χ4n) is 1.67. The second-order valence-corrected chi connectivity index (χ2v) is 3.99. The molecule has 0 saturated heterocycles. The summed E-state index contributed by atoms with van der Waals surface area (Å²) >= 11 is 5.92. The Labute approximate surface area is 108 Å². The zero-order valence-electron chi connectivity index (χ0n) is 9.25. The highest BCUT2D eigenvalue weighted by Crippen LogP contribution is 2.26. The first kappa shape index (κ1) is 12.2. The summed E-state index contributed by atoms with van der Waals surface area (Å²) < 4.78 is 0. The highest BCUT2D eigenvalue weighted by atomic mass is 35.5. The van der Waals surface area contributed by atoms with E-state index in [4.69, 9.17) is 17.1 Å². The number of azide groups is 1. The summed E-state index contributed by atoms with van der Waals surface area (Å²) in [6, 6.07) is 14.1. The van der Waals surface area contributed by atoms with Gasteiger partial charge in [-0.15, -0.1) is 0 Å². The number of amides is 1. The van der Waals surface area contributed by atoms with Gasteiger partial charge < -0.3 is 0 Å². The molecule has 0 heterocycles. The monoisotopic (exact) mass is 257 g/mol. The highest BCUT2D eigenvalue weighted by molar-refractivity contribution is 6.30. The molecule has 0 aliphatic carbocycles. The van der Waals surface area contributed by atoms with Gasteiger partial charge in [-0.25, -0.2) is 0 Å². The van der Waals surface area contributed by atoms with Crippen LogP contribution in [0.15, 0.2) is 53.6 Å². The zero-order chi connectivity index (χ0) is 13.0. The van der Waals surface area contributed by atoms with Crippen LogP contribution in [0.2, 0.25) is 5.02 Å². The van der Waals surface area contributed by atoms with Gasteiger partial charge in [0.25, 0.3) is 0 Å². The maximum atomic E-state index is 11.7. The highest BCUT2D eigenvalue weighted by Gasteiger charge is 2.10. The minimum atomic E-state index is -0.604. The number of hydrogen-bond donors (Lipinski definition) is 0. The topological polar surface area (TPSA) is 65.8 Å². The number of halogens is 1. The van der Waals surface area contributed by atoms with Crippen molar-refractivity contribution in [2.24, 2.45) is 5.11 Å². The van der Waals surface area contributed by atoms with Crippen molar-refractivity contribution in [1.82, 2.24) is 0 Å². The Balaban J connectivity index is 2.58. The zero-order valence-corrected chi connectivity index (χ0v) is 10.0. The Hall–Kier alpha value is -2.29. The van der Waals surface area contributed by atoms with Gasteiger partial charge in [-0.2, -0.15) is 0 Å². The molecule has 1 amide bonds. The van der Waals surface area contributed by atoms with Gasteiger partial charge in [0, 0.05) is 15.5 Å². The van der Waals surface area contributed by atoms with Crippen molar-refractivity contribution in [2.45, 2.75) is 0 Å². The predicted octanol–water partition coefficient (Wildman–Crippen LogP) is 4.46. The molecule has 5 heteroatoms. The quantitative estimate of drug-likeness (QED) is 0.445. The lowest BCUT2D eigenvalue weighted by Gasteiger charge is -2.06. The van der Waals surface area contributed by atoms with Gasteiger partial charge in [-0.05, 0) is 33.9 Å². The molecule has 18 heavy (non-hydrogen) atoms. The van der Waals surface area contributed by atoms with Gasteiger partial charge in [-0.3, -0.25) is 4.79 Å². The summed E-state index contributed by atoms with van der Waals surface area (Å²) in [6.07, 6.45) is 0. The van der Waals surface area contributed by atoms with Crippen molar-refractivity contribution in [2.75, 3.05) is 0 Å². The maximum absolute atomic E-state index is 11.7. The van der Waals surface area contributed by atoms with Crippen molar-refractivity contribution in [1.29, 1.82) is 0 Å². The van der Waals surface area contributed by atoms with Gasteiger partial charge in [-0.1, -0.05) is 48.0 Å². The molecule has 0 aliphatic heterocycles. The lowest BCUT2D eigenvalue weighted by Crippen LogP contribution is -1.96. The molecule has 0 aromatic heterocycles. The third-order valence-electron chi connectivity index (χ3n) is 2.43. The number of nitrogens with zero attached hydrogens (tertiary/aromatic N) is 3. The summed E-state index contributed by atoms with van der Waals surface area (Å²) in [7, 11) is 0. The van der Waals surface area contributed by atoms with E-state index in [1.165, 1.54) is 0 Å². The third-order valence-corrected chi connectivity index (χ3v) is 2.66. The second-order valence-electron chi connectivity index (χ2n) is 3.55. The van der Waals surface area contributed by atoms with Crippen molar-refractivity contribution >= 4 is 17.5 Å². The van der Waals surface area contributed by atoms with Gasteiger partial charge in [0.15, 0.2) is 0 Å². The largest absolute Gasteiger partial charge is 0.287 e. The van der Waals surface area contributed by atoms with E-state index in [0.29, 0.717) is 16.1 Å². The smallest absolute Gasteiger partial charge is 0.249 e. The van der Waals surface area contributed by atoms with E-state index in [1.54, 1.807) is 36.4 Å². The molecule has 0 N–H and O–H groups in total. The van der Waals surface area contributed by atoms with Gasteiger partial charge in [0.2, 0.25) is 5.91 Å². The standard InChI is InChI=1S/C13H8ClN3O/c14-10-5-3-4-9(8-10)11-6-1-2-7-12(11)13(18)16-17-15/h1-8H. The van der Waals surface area contributed by atoms with Crippen molar-refractivity contribution in [3.05, 3.63) is 69.6 Å². The Morgan fingerprint density at radius 1 is 1.17 bits per heavy atom. The molecule has 4 nitrogen and oxygen atoms in total. The molecule has 2 aromatic rings. The van der Waals surface area contributed by atoms with Crippen LogP contribution >= 0.6 is 11.6 Å². The first-order valence-corrected chi connectivity index (χ1v) is 5.54. The average Bonchev–Trinajstić information content (AvgIpc) is 2.39. The molecule has 0 fully saturated rings. The van der Waals surface area contributed by atoms with Crippen LogP contribution in [0, 0.1) is 0 Å². The molecule has 0 radical (unpaired) electrons. The van der Waals surface area contributed by atoms with Crippen molar-refractivity contribution in [3.63, 3.8) is 0 Å². The van der Waals surface area contributed by atoms with E-state index < -0.39 is 5.91 Å². The van der Waals surface area contributed by atoms with E-state index in [9.17, 15) is 4.79 Å². The lowest BCUT2D eigenvalue weighted by molar-refractivity contribution is 0.100. The van der Waals surface area contributed by atoms with Crippen LogP contribution in [0.5, 0.6) is 0 Å². The van der Waals surface area contributed by atoms with E-state index in [2.05, 4.69) is 10.0 Å². The fraction of sp³-hybridized carbons (Fsp3) is 0. The Kier molecular flexibility index (Phi) is 3.63. The SMILES string of the molecule is [N-]=[N+]=NC(=O)c1ccccc1-c1cccc(Cl)c1. The summed E-state index contributed by atoms with van der Waals surface area (Å²) in [5.74, 6) is -0.604.